The van der Waals surface area contributed by atoms with Crippen LogP contribution < -0.4 is 16.0 Å². The summed E-state index contributed by atoms with van der Waals surface area (Å²) in [6.45, 7) is 29.4. The highest BCUT2D eigenvalue weighted by atomic mass is 32.2. The van der Waals surface area contributed by atoms with Crippen LogP contribution in [0.4, 0.5) is 0 Å². The molecule has 0 saturated carbocycles. The molecular weight excluding hydrogens is 723 g/mol. The minimum Gasteiger partial charge on any atom is -0.354 e. The van der Waals surface area contributed by atoms with Crippen molar-refractivity contribution in [1.82, 2.24) is 16.0 Å². The Kier molecular flexibility index (Phi) is 34.3. The standard InChI is InChI=1S/C16H31NO2S.C15H27NO3S.C11H21NO2/c1-11(2)14(10-20-13(5)6)17-16(19)9-7-8-15(18)12(3)4;1-10(2)14(18)7-6-8-15(19)16-13(12(5)17)9-20-11(3)4;1-8(2)10(13)6-5-7-11(14)12-9(3)4/h11-14H,7-10H2,1-6H3,(H,17,19);10-11,13H,6-9H2,1-5H3,(H,16,19);8-9H,5-7H2,1-4H3,(H,12,14). The van der Waals surface area contributed by atoms with Gasteiger partial charge in [-0.3, -0.25) is 33.6 Å². The van der Waals surface area contributed by atoms with Crippen LogP contribution in [-0.4, -0.2) is 81.0 Å². The molecular formula is C42H79N3O7S2. The van der Waals surface area contributed by atoms with Crippen LogP contribution >= 0.6 is 23.5 Å². The van der Waals surface area contributed by atoms with Gasteiger partial charge in [0.2, 0.25) is 17.7 Å². The lowest BCUT2D eigenvalue weighted by atomic mass is 10.0. The van der Waals surface area contributed by atoms with E-state index in [4.69, 9.17) is 0 Å². The minimum absolute atomic E-state index is 0.0190. The van der Waals surface area contributed by atoms with Crippen molar-refractivity contribution in [2.75, 3.05) is 11.5 Å². The van der Waals surface area contributed by atoms with Crippen molar-refractivity contribution >= 4 is 64.4 Å². The van der Waals surface area contributed by atoms with E-state index in [2.05, 4.69) is 57.5 Å². The lowest BCUT2D eigenvalue weighted by Gasteiger charge is -2.23. The number of Topliss-reactive ketones (excluding diaryl/α,β-unsaturated/α-hetero) is 4. The van der Waals surface area contributed by atoms with Gasteiger partial charge in [-0.15, -0.1) is 0 Å². The van der Waals surface area contributed by atoms with E-state index in [0.717, 1.165) is 5.75 Å². The SMILES string of the molecule is CC(=O)C(CSC(C)C)NC(=O)CCCC(=O)C(C)C.CC(C)NC(=O)CCCC(=O)C(C)C.CC(C)SCC(NC(=O)CCCC(=O)C(C)C)C(C)C. The predicted molar refractivity (Wildman–Crippen MR) is 229 cm³/mol. The van der Waals surface area contributed by atoms with Gasteiger partial charge in [-0.25, -0.2) is 0 Å². The smallest absolute Gasteiger partial charge is 0.220 e. The van der Waals surface area contributed by atoms with Crippen LogP contribution in [0.2, 0.25) is 0 Å². The normalized spacial score (nSPS) is 12.3. The minimum atomic E-state index is -0.421. The third kappa shape index (κ3) is 35.5. The number of hydrogen-bond donors (Lipinski definition) is 3. The summed E-state index contributed by atoms with van der Waals surface area (Å²) in [7, 11) is 0. The van der Waals surface area contributed by atoms with E-state index in [1.54, 1.807) is 11.8 Å². The van der Waals surface area contributed by atoms with Crippen molar-refractivity contribution < 1.29 is 33.6 Å². The summed E-state index contributed by atoms with van der Waals surface area (Å²) in [5.41, 5.74) is 0. The summed E-state index contributed by atoms with van der Waals surface area (Å²) >= 11 is 3.53. The molecule has 0 spiro atoms. The fourth-order valence-corrected chi connectivity index (χ4v) is 6.28. The van der Waals surface area contributed by atoms with Gasteiger partial charge in [0.15, 0.2) is 5.78 Å². The lowest BCUT2D eigenvalue weighted by molar-refractivity contribution is -0.127. The molecule has 12 heteroatoms. The number of amides is 3. The fourth-order valence-electron chi connectivity index (χ4n) is 4.32. The van der Waals surface area contributed by atoms with Gasteiger partial charge < -0.3 is 16.0 Å². The maximum atomic E-state index is 11.9. The van der Waals surface area contributed by atoms with Gasteiger partial charge in [0, 0.05) is 79.9 Å². The molecule has 0 saturated heterocycles. The molecule has 0 aliphatic heterocycles. The molecule has 0 radical (unpaired) electrons. The summed E-state index contributed by atoms with van der Waals surface area (Å²) < 4.78 is 0. The summed E-state index contributed by atoms with van der Waals surface area (Å²) in [6.07, 6.45) is 4.53. The highest BCUT2D eigenvalue weighted by molar-refractivity contribution is 8.00. The van der Waals surface area contributed by atoms with Crippen LogP contribution in [0, 0.1) is 23.7 Å². The summed E-state index contributed by atoms with van der Waals surface area (Å²) in [5.74, 6) is 2.76. The van der Waals surface area contributed by atoms with Crippen molar-refractivity contribution in [1.29, 1.82) is 0 Å². The molecule has 0 aromatic rings. The monoisotopic (exact) mass is 802 g/mol. The Morgan fingerprint density at radius 3 is 1.07 bits per heavy atom. The lowest BCUT2D eigenvalue weighted by Crippen LogP contribution is -2.41. The molecule has 0 heterocycles. The number of rotatable bonds is 26. The van der Waals surface area contributed by atoms with Crippen LogP contribution in [0.3, 0.4) is 0 Å². The molecule has 2 atom stereocenters. The molecule has 0 aliphatic carbocycles. The maximum absolute atomic E-state index is 11.9. The van der Waals surface area contributed by atoms with Crippen LogP contribution in [0.15, 0.2) is 0 Å². The third-order valence-electron chi connectivity index (χ3n) is 8.04. The van der Waals surface area contributed by atoms with Gasteiger partial charge in [0.05, 0.1) is 6.04 Å². The van der Waals surface area contributed by atoms with E-state index in [0.29, 0.717) is 80.0 Å². The van der Waals surface area contributed by atoms with Gasteiger partial charge in [-0.05, 0) is 56.5 Å². The zero-order valence-electron chi connectivity index (χ0n) is 36.6. The number of ketones is 4. The van der Waals surface area contributed by atoms with E-state index in [1.165, 1.54) is 6.92 Å². The molecule has 0 bridgehead atoms. The van der Waals surface area contributed by atoms with Crippen molar-refractivity contribution in [2.45, 2.75) is 190 Å². The van der Waals surface area contributed by atoms with Crippen LogP contribution in [-0.2, 0) is 33.6 Å². The summed E-state index contributed by atoms with van der Waals surface area (Å²) in [6, 6.07) is -0.0188. The Morgan fingerprint density at radius 2 is 0.778 bits per heavy atom. The molecule has 3 N–H and O–H groups in total. The van der Waals surface area contributed by atoms with E-state index in [-0.39, 0.29) is 70.7 Å². The molecule has 10 nitrogen and oxygen atoms in total. The van der Waals surface area contributed by atoms with Crippen molar-refractivity contribution in [3.05, 3.63) is 0 Å². The van der Waals surface area contributed by atoms with Gasteiger partial charge in [-0.1, -0.05) is 83.1 Å². The van der Waals surface area contributed by atoms with Crippen molar-refractivity contribution in [2.24, 2.45) is 23.7 Å². The average Bonchev–Trinajstić information content (AvgIpc) is 3.04. The highest BCUT2D eigenvalue weighted by Crippen LogP contribution is 2.16. The molecule has 54 heavy (non-hydrogen) atoms. The Morgan fingerprint density at radius 1 is 0.444 bits per heavy atom. The first-order valence-electron chi connectivity index (χ1n) is 20.1. The Balaban J connectivity index is -0.000000736. The summed E-state index contributed by atoms with van der Waals surface area (Å²) in [5, 5.41) is 9.66. The highest BCUT2D eigenvalue weighted by Gasteiger charge is 2.19. The Hall–Kier alpha value is -2.21. The first kappa shape index (κ1) is 56.1. The number of hydrogen-bond acceptors (Lipinski definition) is 9. The molecule has 2 unspecified atom stereocenters. The maximum Gasteiger partial charge on any atom is 0.220 e. The second-order valence-electron chi connectivity index (χ2n) is 16.1. The van der Waals surface area contributed by atoms with Crippen LogP contribution in [0.1, 0.15) is 162 Å². The summed E-state index contributed by atoms with van der Waals surface area (Å²) in [4.78, 5) is 80.5. The molecule has 0 aliphatic rings. The van der Waals surface area contributed by atoms with Gasteiger partial charge in [0.1, 0.15) is 17.3 Å². The van der Waals surface area contributed by atoms with E-state index < -0.39 is 6.04 Å². The van der Waals surface area contributed by atoms with E-state index >= 15 is 0 Å². The molecule has 0 aromatic heterocycles. The molecule has 0 rings (SSSR count). The molecule has 0 fully saturated rings. The largest absolute Gasteiger partial charge is 0.354 e. The number of carbonyl (C=O) groups excluding carboxylic acids is 7. The second-order valence-corrected chi connectivity index (χ2v) is 19.3. The number of carbonyl (C=O) groups is 7. The Labute approximate surface area is 338 Å². The van der Waals surface area contributed by atoms with Crippen LogP contribution in [0.25, 0.3) is 0 Å². The van der Waals surface area contributed by atoms with Crippen molar-refractivity contribution in [3.63, 3.8) is 0 Å². The zero-order valence-corrected chi connectivity index (χ0v) is 38.3. The van der Waals surface area contributed by atoms with Crippen LogP contribution in [0.5, 0.6) is 0 Å². The number of nitrogens with one attached hydrogen (secondary N) is 3. The average molecular weight is 802 g/mol. The molecule has 316 valence electrons. The van der Waals surface area contributed by atoms with E-state index in [1.807, 2.05) is 67.2 Å². The Bertz CT molecular complexity index is 1110. The topological polar surface area (TPSA) is 156 Å². The zero-order chi connectivity index (χ0) is 42.6. The number of thioether (sulfide) groups is 2. The quantitative estimate of drug-likeness (QED) is 0.0786. The molecule has 0 aromatic carbocycles. The third-order valence-corrected chi connectivity index (χ3v) is 10.5. The first-order valence-corrected chi connectivity index (χ1v) is 22.2. The predicted octanol–water partition coefficient (Wildman–Crippen LogP) is 8.17. The fraction of sp³-hybridized carbons (Fsp3) is 0.833. The van der Waals surface area contributed by atoms with Crippen molar-refractivity contribution in [3.8, 4) is 0 Å². The van der Waals surface area contributed by atoms with Gasteiger partial charge >= 0.3 is 0 Å². The first-order chi connectivity index (χ1) is 24.9. The second kappa shape index (κ2) is 33.0. The molecule has 3 amide bonds. The van der Waals surface area contributed by atoms with Gasteiger partial charge in [0.25, 0.3) is 0 Å². The van der Waals surface area contributed by atoms with E-state index in [9.17, 15) is 33.6 Å². The van der Waals surface area contributed by atoms with Gasteiger partial charge in [-0.2, -0.15) is 23.5 Å².